The number of carbonyl (C=O) groups is 2. The predicted octanol–water partition coefficient (Wildman–Crippen LogP) is 1.94. The lowest BCUT2D eigenvalue weighted by molar-refractivity contribution is -0.136. The Kier molecular flexibility index (Phi) is 6.56. The second-order valence-electron chi connectivity index (χ2n) is 6.47. The quantitative estimate of drug-likeness (QED) is 0.394. The SMILES string of the molecule is NC(=O)COc1ccc(/C=N\NC(=O)C(O)(c2ccccc2)c2ccccc2)cc1. The first-order valence-corrected chi connectivity index (χ1v) is 9.18. The van der Waals surface area contributed by atoms with Crippen LogP contribution in [0, 0.1) is 0 Å². The zero-order valence-electron chi connectivity index (χ0n) is 16.1. The summed E-state index contributed by atoms with van der Waals surface area (Å²) in [5, 5.41) is 15.3. The van der Waals surface area contributed by atoms with E-state index in [-0.39, 0.29) is 6.61 Å². The fourth-order valence-corrected chi connectivity index (χ4v) is 2.84. The third-order valence-electron chi connectivity index (χ3n) is 4.35. The Morgan fingerprint density at radius 2 is 1.47 bits per heavy atom. The van der Waals surface area contributed by atoms with Crippen molar-refractivity contribution in [2.75, 3.05) is 6.61 Å². The number of aliphatic hydroxyl groups is 1. The maximum atomic E-state index is 12.9. The molecule has 0 atom stereocenters. The van der Waals surface area contributed by atoms with Crippen molar-refractivity contribution >= 4 is 18.0 Å². The van der Waals surface area contributed by atoms with Crippen LogP contribution in [0.3, 0.4) is 0 Å². The van der Waals surface area contributed by atoms with E-state index in [9.17, 15) is 14.7 Å². The Balaban J connectivity index is 1.74. The van der Waals surface area contributed by atoms with E-state index in [1.165, 1.54) is 6.21 Å². The van der Waals surface area contributed by atoms with Gasteiger partial charge in [0.2, 0.25) is 0 Å². The van der Waals surface area contributed by atoms with Crippen LogP contribution >= 0.6 is 0 Å². The highest BCUT2D eigenvalue weighted by molar-refractivity contribution is 5.91. The molecule has 4 N–H and O–H groups in total. The lowest BCUT2D eigenvalue weighted by atomic mass is 9.85. The molecule has 0 aliphatic heterocycles. The Morgan fingerprint density at radius 3 is 1.97 bits per heavy atom. The fourth-order valence-electron chi connectivity index (χ4n) is 2.84. The molecule has 0 bridgehead atoms. The van der Waals surface area contributed by atoms with E-state index in [4.69, 9.17) is 10.5 Å². The number of rotatable bonds is 8. The van der Waals surface area contributed by atoms with Gasteiger partial charge in [-0.15, -0.1) is 0 Å². The van der Waals surface area contributed by atoms with Gasteiger partial charge in [0, 0.05) is 0 Å². The molecule has 2 amide bonds. The minimum Gasteiger partial charge on any atom is -0.484 e. The molecular formula is C23H21N3O4. The van der Waals surface area contributed by atoms with Crippen molar-refractivity contribution < 1.29 is 19.4 Å². The standard InChI is InChI=1S/C23H21N3O4/c24-21(27)16-30-20-13-11-17(12-14-20)15-25-26-22(28)23(29,18-7-3-1-4-8-18)19-9-5-2-6-10-19/h1-15,29H,16H2,(H2,24,27)(H,26,28)/b25-15-. The number of ether oxygens (including phenoxy) is 1. The predicted molar refractivity (Wildman–Crippen MR) is 113 cm³/mol. The van der Waals surface area contributed by atoms with E-state index < -0.39 is 17.4 Å². The van der Waals surface area contributed by atoms with Crippen molar-refractivity contribution in [2.24, 2.45) is 10.8 Å². The number of hydrazone groups is 1. The summed E-state index contributed by atoms with van der Waals surface area (Å²) in [5.74, 6) is -0.761. The van der Waals surface area contributed by atoms with Crippen molar-refractivity contribution in [3.8, 4) is 5.75 Å². The molecule has 0 radical (unpaired) electrons. The van der Waals surface area contributed by atoms with Crippen LogP contribution in [0.15, 0.2) is 90.0 Å². The summed E-state index contributed by atoms with van der Waals surface area (Å²) in [7, 11) is 0. The first-order chi connectivity index (χ1) is 14.5. The molecule has 0 saturated carbocycles. The second kappa shape index (κ2) is 9.49. The van der Waals surface area contributed by atoms with Gasteiger partial charge in [-0.05, 0) is 41.0 Å². The number of nitrogens with one attached hydrogen (secondary N) is 1. The van der Waals surface area contributed by atoms with Gasteiger partial charge in [-0.3, -0.25) is 9.59 Å². The summed E-state index contributed by atoms with van der Waals surface area (Å²) in [6, 6.07) is 24.0. The molecule has 3 aromatic rings. The molecule has 0 saturated heterocycles. The maximum Gasteiger partial charge on any atom is 0.281 e. The van der Waals surface area contributed by atoms with Crippen molar-refractivity contribution in [3.63, 3.8) is 0 Å². The first kappa shape index (κ1) is 20.8. The summed E-state index contributed by atoms with van der Waals surface area (Å²) in [6.07, 6.45) is 1.44. The number of carbonyl (C=O) groups excluding carboxylic acids is 2. The molecule has 0 aliphatic carbocycles. The molecular weight excluding hydrogens is 382 g/mol. The summed E-state index contributed by atoms with van der Waals surface area (Å²) in [5.41, 5.74) is 7.10. The number of benzene rings is 3. The molecule has 3 aromatic carbocycles. The third-order valence-corrected chi connectivity index (χ3v) is 4.35. The summed E-state index contributed by atoms with van der Waals surface area (Å²) >= 11 is 0. The fraction of sp³-hybridized carbons (Fsp3) is 0.0870. The van der Waals surface area contributed by atoms with Crippen LogP contribution in [0.5, 0.6) is 5.75 Å². The number of hydrogen-bond acceptors (Lipinski definition) is 5. The second-order valence-corrected chi connectivity index (χ2v) is 6.47. The number of nitrogens with two attached hydrogens (primary N) is 1. The highest BCUT2D eigenvalue weighted by Gasteiger charge is 2.39. The molecule has 7 nitrogen and oxygen atoms in total. The molecule has 0 heterocycles. The molecule has 7 heteroatoms. The van der Waals surface area contributed by atoms with E-state index >= 15 is 0 Å². The molecule has 0 fully saturated rings. The molecule has 152 valence electrons. The molecule has 0 unspecified atom stereocenters. The van der Waals surface area contributed by atoms with Crippen molar-refractivity contribution in [2.45, 2.75) is 5.60 Å². The average molecular weight is 403 g/mol. The first-order valence-electron chi connectivity index (χ1n) is 9.18. The van der Waals surface area contributed by atoms with Crippen LogP contribution in [0.4, 0.5) is 0 Å². The summed E-state index contributed by atoms with van der Waals surface area (Å²) < 4.78 is 5.19. The topological polar surface area (TPSA) is 114 Å². The van der Waals surface area contributed by atoms with Crippen LogP contribution in [-0.4, -0.2) is 29.7 Å². The number of hydrogen-bond donors (Lipinski definition) is 3. The minimum absolute atomic E-state index is 0.207. The monoisotopic (exact) mass is 403 g/mol. The van der Waals surface area contributed by atoms with Gasteiger partial charge in [0.05, 0.1) is 6.21 Å². The molecule has 0 aliphatic rings. The summed E-state index contributed by atoms with van der Waals surface area (Å²) in [4.78, 5) is 23.7. The van der Waals surface area contributed by atoms with Gasteiger partial charge >= 0.3 is 0 Å². The smallest absolute Gasteiger partial charge is 0.281 e. The minimum atomic E-state index is -1.90. The van der Waals surface area contributed by atoms with Crippen molar-refractivity contribution in [3.05, 3.63) is 102 Å². The van der Waals surface area contributed by atoms with E-state index in [1.54, 1.807) is 72.8 Å². The number of amides is 2. The van der Waals surface area contributed by atoms with Crippen LogP contribution in [0.1, 0.15) is 16.7 Å². The highest BCUT2D eigenvalue weighted by Crippen LogP contribution is 2.29. The lowest BCUT2D eigenvalue weighted by Crippen LogP contribution is -2.43. The van der Waals surface area contributed by atoms with Crippen LogP contribution in [-0.2, 0) is 15.2 Å². The maximum absolute atomic E-state index is 12.9. The van der Waals surface area contributed by atoms with E-state index in [0.29, 0.717) is 22.4 Å². The van der Waals surface area contributed by atoms with Gasteiger partial charge in [-0.1, -0.05) is 60.7 Å². The number of primary amides is 1. The molecule has 3 rings (SSSR count). The van der Waals surface area contributed by atoms with Gasteiger partial charge in [0.15, 0.2) is 12.2 Å². The number of nitrogens with zero attached hydrogens (tertiary/aromatic N) is 1. The van der Waals surface area contributed by atoms with Crippen LogP contribution < -0.4 is 15.9 Å². The average Bonchev–Trinajstić information content (AvgIpc) is 2.79. The van der Waals surface area contributed by atoms with Gasteiger partial charge in [-0.25, -0.2) is 5.43 Å². The Labute approximate surface area is 173 Å². The van der Waals surface area contributed by atoms with Gasteiger partial charge in [0.25, 0.3) is 11.8 Å². The Bertz CT molecular complexity index is 980. The van der Waals surface area contributed by atoms with Gasteiger partial charge in [0.1, 0.15) is 5.75 Å². The van der Waals surface area contributed by atoms with Gasteiger partial charge < -0.3 is 15.6 Å². The zero-order valence-corrected chi connectivity index (χ0v) is 16.1. The van der Waals surface area contributed by atoms with Crippen LogP contribution in [0.2, 0.25) is 0 Å². The molecule has 30 heavy (non-hydrogen) atoms. The lowest BCUT2D eigenvalue weighted by Gasteiger charge is -2.27. The van der Waals surface area contributed by atoms with Gasteiger partial charge in [-0.2, -0.15) is 5.10 Å². The normalized spacial score (nSPS) is 11.2. The van der Waals surface area contributed by atoms with E-state index in [2.05, 4.69) is 10.5 Å². The molecule has 0 spiro atoms. The van der Waals surface area contributed by atoms with Crippen molar-refractivity contribution in [1.29, 1.82) is 0 Å². The third kappa shape index (κ3) is 4.89. The van der Waals surface area contributed by atoms with E-state index in [1.807, 2.05) is 12.1 Å². The summed E-state index contributed by atoms with van der Waals surface area (Å²) in [6.45, 7) is -0.207. The van der Waals surface area contributed by atoms with Crippen LogP contribution in [0.25, 0.3) is 0 Å². The Hall–Kier alpha value is -3.97. The molecule has 0 aromatic heterocycles. The van der Waals surface area contributed by atoms with E-state index in [0.717, 1.165) is 0 Å². The Morgan fingerprint density at radius 1 is 0.933 bits per heavy atom. The largest absolute Gasteiger partial charge is 0.484 e. The highest BCUT2D eigenvalue weighted by atomic mass is 16.5. The van der Waals surface area contributed by atoms with Crippen molar-refractivity contribution in [1.82, 2.24) is 5.43 Å². The zero-order chi connectivity index (χ0) is 21.4.